The van der Waals surface area contributed by atoms with Crippen LogP contribution >= 0.6 is 0 Å². The molecule has 2 atom stereocenters. The van der Waals surface area contributed by atoms with E-state index in [4.69, 9.17) is 4.74 Å². The molecule has 0 spiro atoms. The Morgan fingerprint density at radius 3 is 1.96 bits per heavy atom. The Morgan fingerprint density at radius 2 is 1.39 bits per heavy atom. The van der Waals surface area contributed by atoms with E-state index in [1.54, 1.807) is 12.2 Å². The fraction of sp³-hybridized carbons (Fsp3) is 0.833. The number of aliphatic hydroxyl groups is 1. The number of ketones is 1. The number of hydrogen-bond acceptors (Lipinski definition) is 4. The maximum Gasteiger partial charge on any atom is 0.306 e. The third kappa shape index (κ3) is 17.0. The SMILES string of the molecule is CC(C)CCCC(C)C(O)/C=C/C(=O)CCCCCCCCC(=O)OC(C)C. The van der Waals surface area contributed by atoms with Gasteiger partial charge < -0.3 is 9.84 Å². The van der Waals surface area contributed by atoms with E-state index in [2.05, 4.69) is 13.8 Å². The van der Waals surface area contributed by atoms with E-state index in [9.17, 15) is 14.7 Å². The maximum atomic E-state index is 11.9. The van der Waals surface area contributed by atoms with Gasteiger partial charge in [0.1, 0.15) is 0 Å². The quantitative estimate of drug-likeness (QED) is 0.186. The van der Waals surface area contributed by atoms with Gasteiger partial charge in [0.05, 0.1) is 12.2 Å². The molecule has 1 N–H and O–H groups in total. The molecular formula is C24H44O4. The molecule has 0 aromatic heterocycles. The molecule has 0 heterocycles. The first-order chi connectivity index (χ1) is 13.2. The molecule has 0 fully saturated rings. The average Bonchev–Trinajstić information content (AvgIpc) is 2.60. The second-order valence-corrected chi connectivity index (χ2v) is 8.78. The zero-order valence-corrected chi connectivity index (χ0v) is 18.9. The fourth-order valence-electron chi connectivity index (χ4n) is 3.10. The van der Waals surface area contributed by atoms with Gasteiger partial charge in [-0.1, -0.05) is 65.4 Å². The van der Waals surface area contributed by atoms with Crippen molar-refractivity contribution < 1.29 is 19.4 Å². The van der Waals surface area contributed by atoms with Gasteiger partial charge in [-0.3, -0.25) is 9.59 Å². The van der Waals surface area contributed by atoms with Crippen LogP contribution in [0.2, 0.25) is 0 Å². The minimum Gasteiger partial charge on any atom is -0.463 e. The molecule has 0 saturated heterocycles. The summed E-state index contributed by atoms with van der Waals surface area (Å²) in [6, 6.07) is 0. The van der Waals surface area contributed by atoms with E-state index in [0.29, 0.717) is 18.8 Å². The lowest BCUT2D eigenvalue weighted by Gasteiger charge is -2.15. The summed E-state index contributed by atoms with van der Waals surface area (Å²) >= 11 is 0. The zero-order chi connectivity index (χ0) is 21.4. The first kappa shape index (κ1) is 26.8. The smallest absolute Gasteiger partial charge is 0.306 e. The van der Waals surface area contributed by atoms with E-state index in [1.807, 2.05) is 20.8 Å². The van der Waals surface area contributed by atoms with Gasteiger partial charge in [-0.05, 0) is 51.0 Å². The molecule has 0 rings (SSSR count). The van der Waals surface area contributed by atoms with Gasteiger partial charge in [-0.2, -0.15) is 0 Å². The first-order valence-corrected chi connectivity index (χ1v) is 11.3. The standard InChI is InChI=1S/C24H44O4/c1-19(2)13-12-14-21(5)23(26)18-17-22(25)15-10-8-6-7-9-11-16-24(27)28-20(3)4/h17-21,23,26H,6-16H2,1-5H3/b18-17+. The first-order valence-electron chi connectivity index (χ1n) is 11.3. The molecule has 4 nitrogen and oxygen atoms in total. The van der Waals surface area contributed by atoms with Crippen LogP contribution in [-0.4, -0.2) is 29.1 Å². The fourth-order valence-corrected chi connectivity index (χ4v) is 3.10. The Kier molecular flexibility index (Phi) is 16.1. The van der Waals surface area contributed by atoms with E-state index < -0.39 is 6.10 Å². The number of allylic oxidation sites excluding steroid dienone is 1. The van der Waals surface area contributed by atoms with Crippen molar-refractivity contribution in [3.05, 3.63) is 12.2 Å². The van der Waals surface area contributed by atoms with Crippen LogP contribution in [-0.2, 0) is 14.3 Å². The Labute approximate surface area is 173 Å². The minimum atomic E-state index is -0.529. The number of aliphatic hydroxyl groups excluding tert-OH is 1. The van der Waals surface area contributed by atoms with Crippen molar-refractivity contribution >= 4 is 11.8 Å². The van der Waals surface area contributed by atoms with Gasteiger partial charge in [0.15, 0.2) is 5.78 Å². The van der Waals surface area contributed by atoms with Crippen LogP contribution in [0.25, 0.3) is 0 Å². The average molecular weight is 397 g/mol. The van der Waals surface area contributed by atoms with Crippen molar-refractivity contribution in [3.63, 3.8) is 0 Å². The van der Waals surface area contributed by atoms with E-state index in [1.165, 1.54) is 6.42 Å². The molecule has 28 heavy (non-hydrogen) atoms. The van der Waals surface area contributed by atoms with Crippen molar-refractivity contribution in [1.29, 1.82) is 0 Å². The predicted molar refractivity (Wildman–Crippen MR) is 116 cm³/mol. The lowest BCUT2D eigenvalue weighted by atomic mass is 9.95. The normalized spacial score (nSPS) is 14.0. The van der Waals surface area contributed by atoms with Crippen LogP contribution in [0.4, 0.5) is 0 Å². The number of hydrogen-bond donors (Lipinski definition) is 1. The molecule has 0 aliphatic carbocycles. The van der Waals surface area contributed by atoms with Crippen LogP contribution in [0.5, 0.6) is 0 Å². The summed E-state index contributed by atoms with van der Waals surface area (Å²) in [7, 11) is 0. The summed E-state index contributed by atoms with van der Waals surface area (Å²) in [6.07, 6.45) is 13.0. The molecule has 164 valence electrons. The van der Waals surface area contributed by atoms with Gasteiger partial charge >= 0.3 is 5.97 Å². The highest BCUT2D eigenvalue weighted by Crippen LogP contribution is 2.16. The van der Waals surface area contributed by atoms with Crippen molar-refractivity contribution in [2.75, 3.05) is 0 Å². The number of ether oxygens (including phenoxy) is 1. The lowest BCUT2D eigenvalue weighted by Crippen LogP contribution is -2.15. The summed E-state index contributed by atoms with van der Waals surface area (Å²) in [4.78, 5) is 23.3. The monoisotopic (exact) mass is 396 g/mol. The van der Waals surface area contributed by atoms with Crippen molar-refractivity contribution in [1.82, 2.24) is 0 Å². The summed E-state index contributed by atoms with van der Waals surface area (Å²) in [5, 5.41) is 10.1. The molecule has 0 saturated carbocycles. The Morgan fingerprint density at radius 1 is 0.821 bits per heavy atom. The van der Waals surface area contributed by atoms with Gasteiger partial charge in [0.2, 0.25) is 0 Å². The minimum absolute atomic E-state index is 0.0340. The van der Waals surface area contributed by atoms with Crippen molar-refractivity contribution in [2.24, 2.45) is 11.8 Å². The molecular weight excluding hydrogens is 352 g/mol. The molecule has 0 aliphatic heterocycles. The number of unbranched alkanes of at least 4 members (excludes halogenated alkanes) is 5. The van der Waals surface area contributed by atoms with E-state index in [0.717, 1.165) is 51.4 Å². The van der Waals surface area contributed by atoms with E-state index >= 15 is 0 Å². The summed E-state index contributed by atoms with van der Waals surface area (Å²) in [5.74, 6) is 0.886. The van der Waals surface area contributed by atoms with Crippen LogP contribution < -0.4 is 0 Å². The highest BCUT2D eigenvalue weighted by molar-refractivity contribution is 5.89. The topological polar surface area (TPSA) is 63.6 Å². The summed E-state index contributed by atoms with van der Waals surface area (Å²) in [5.41, 5.74) is 0. The van der Waals surface area contributed by atoms with Gasteiger partial charge in [0, 0.05) is 12.8 Å². The number of carbonyl (C=O) groups is 2. The number of esters is 1. The molecule has 0 bridgehead atoms. The van der Waals surface area contributed by atoms with Crippen LogP contribution in [0.1, 0.15) is 105 Å². The van der Waals surface area contributed by atoms with Crippen molar-refractivity contribution in [2.45, 2.75) is 117 Å². The van der Waals surface area contributed by atoms with Gasteiger partial charge in [-0.25, -0.2) is 0 Å². The molecule has 0 radical (unpaired) electrons. The number of rotatable bonds is 17. The Hall–Kier alpha value is -1.16. The molecule has 0 aromatic carbocycles. The maximum absolute atomic E-state index is 11.9. The highest BCUT2D eigenvalue weighted by atomic mass is 16.5. The summed E-state index contributed by atoms with van der Waals surface area (Å²) < 4.78 is 5.10. The second-order valence-electron chi connectivity index (χ2n) is 8.78. The molecule has 0 aromatic rings. The van der Waals surface area contributed by atoms with E-state index in [-0.39, 0.29) is 23.8 Å². The van der Waals surface area contributed by atoms with Crippen LogP contribution in [0, 0.1) is 11.8 Å². The third-order valence-electron chi connectivity index (χ3n) is 4.92. The predicted octanol–water partition coefficient (Wildman–Crippen LogP) is 6.01. The Bertz CT molecular complexity index is 440. The van der Waals surface area contributed by atoms with Gasteiger partial charge in [-0.15, -0.1) is 0 Å². The second kappa shape index (κ2) is 16.8. The third-order valence-corrected chi connectivity index (χ3v) is 4.92. The summed E-state index contributed by atoms with van der Waals surface area (Å²) in [6.45, 7) is 10.2. The molecule has 0 amide bonds. The zero-order valence-electron chi connectivity index (χ0n) is 18.9. The largest absolute Gasteiger partial charge is 0.463 e. The van der Waals surface area contributed by atoms with Crippen LogP contribution in [0.15, 0.2) is 12.2 Å². The van der Waals surface area contributed by atoms with Crippen LogP contribution in [0.3, 0.4) is 0 Å². The Balaban J connectivity index is 3.68. The molecule has 4 heteroatoms. The number of carbonyl (C=O) groups excluding carboxylic acids is 2. The lowest BCUT2D eigenvalue weighted by molar-refractivity contribution is -0.147. The molecule has 2 unspecified atom stereocenters. The highest BCUT2D eigenvalue weighted by Gasteiger charge is 2.11. The van der Waals surface area contributed by atoms with Crippen molar-refractivity contribution in [3.8, 4) is 0 Å². The van der Waals surface area contributed by atoms with Gasteiger partial charge in [0.25, 0.3) is 0 Å². The molecule has 0 aliphatic rings.